The van der Waals surface area contributed by atoms with E-state index in [0.29, 0.717) is 145 Å². The van der Waals surface area contributed by atoms with Crippen LogP contribution in [0, 0.1) is 0 Å². The molecule has 0 saturated carbocycles. The molecule has 0 aliphatic carbocycles. The highest BCUT2D eigenvalue weighted by Crippen LogP contribution is 1.98. The fraction of sp³-hybridized carbons (Fsp3) is 0.966. The predicted molar refractivity (Wildman–Crippen MR) is 164 cm³/mol. The van der Waals surface area contributed by atoms with Crippen LogP contribution in [0.25, 0.3) is 0 Å². The van der Waals surface area contributed by atoms with Gasteiger partial charge in [-0.3, -0.25) is 4.79 Å². The van der Waals surface area contributed by atoms with Gasteiger partial charge in [0, 0.05) is 26.2 Å². The first-order chi connectivity index (χ1) is 21.8. The van der Waals surface area contributed by atoms with Crippen molar-refractivity contribution in [3.05, 3.63) is 0 Å². The zero-order chi connectivity index (χ0) is 32.0. The van der Waals surface area contributed by atoms with Crippen LogP contribution in [0.15, 0.2) is 0 Å². The summed E-state index contributed by atoms with van der Waals surface area (Å²) in [6, 6.07) is 0. The molecule has 15 nitrogen and oxygen atoms in total. The van der Waals surface area contributed by atoms with Crippen molar-refractivity contribution in [3.8, 4) is 0 Å². The zero-order valence-electron chi connectivity index (χ0n) is 27.3. The standard InChI is InChI=1S/C29H61N3O12/c1-30-4-10-36-16-22-42-24-18-38-12-6-32(7-13-39-19-25-44-26-20-40-14-8-33)29(34)3-9-35-15-21-41-27-28-43-23-17-37-11-5-31-2/h30-31,33H,3-28H2,1-2H3. The van der Waals surface area contributed by atoms with E-state index in [9.17, 15) is 4.79 Å². The summed E-state index contributed by atoms with van der Waals surface area (Å²) in [4.78, 5) is 14.6. The smallest absolute Gasteiger partial charge is 0.225 e. The summed E-state index contributed by atoms with van der Waals surface area (Å²) in [5.41, 5.74) is 0. The molecule has 0 radical (unpaired) electrons. The van der Waals surface area contributed by atoms with Crippen molar-refractivity contribution in [2.45, 2.75) is 6.42 Å². The number of aliphatic hydroxyl groups is 1. The van der Waals surface area contributed by atoms with Gasteiger partial charge in [-0.15, -0.1) is 0 Å². The summed E-state index contributed by atoms with van der Waals surface area (Å²) in [7, 11) is 3.76. The summed E-state index contributed by atoms with van der Waals surface area (Å²) in [6.07, 6.45) is 0.254. The molecule has 15 heteroatoms. The number of carbonyl (C=O) groups excluding carboxylic acids is 1. The van der Waals surface area contributed by atoms with Crippen LogP contribution in [0.3, 0.4) is 0 Å². The highest BCUT2D eigenvalue weighted by Gasteiger charge is 2.13. The third kappa shape index (κ3) is 33.8. The van der Waals surface area contributed by atoms with Crippen molar-refractivity contribution in [2.24, 2.45) is 0 Å². The summed E-state index contributed by atoms with van der Waals surface area (Å²) in [5.74, 6) is -0.0318. The number of amides is 1. The van der Waals surface area contributed by atoms with Gasteiger partial charge in [-0.25, -0.2) is 0 Å². The van der Waals surface area contributed by atoms with Crippen LogP contribution < -0.4 is 10.6 Å². The molecular weight excluding hydrogens is 582 g/mol. The predicted octanol–water partition coefficient (Wildman–Crippen LogP) is -1.20. The second kappa shape index (κ2) is 38.1. The number of hydrogen-bond donors (Lipinski definition) is 3. The number of rotatable bonds is 38. The quantitative estimate of drug-likeness (QED) is 0.0690. The summed E-state index contributed by atoms with van der Waals surface area (Å²) >= 11 is 0. The largest absolute Gasteiger partial charge is 0.394 e. The minimum absolute atomic E-state index is 0.00468. The maximum atomic E-state index is 12.8. The van der Waals surface area contributed by atoms with Crippen LogP contribution in [0.5, 0.6) is 0 Å². The number of nitrogens with one attached hydrogen (secondary N) is 2. The first kappa shape index (κ1) is 43.0. The van der Waals surface area contributed by atoms with Gasteiger partial charge in [0.25, 0.3) is 0 Å². The Morgan fingerprint density at radius 1 is 0.455 bits per heavy atom. The molecule has 0 spiro atoms. The Morgan fingerprint density at radius 2 is 0.750 bits per heavy atom. The van der Waals surface area contributed by atoms with E-state index < -0.39 is 0 Å². The maximum Gasteiger partial charge on any atom is 0.225 e. The summed E-state index contributed by atoms with van der Waals surface area (Å²) < 4.78 is 54.6. The third-order valence-electron chi connectivity index (χ3n) is 5.66. The van der Waals surface area contributed by atoms with Crippen LogP contribution in [-0.2, 0) is 52.2 Å². The lowest BCUT2D eigenvalue weighted by molar-refractivity contribution is -0.134. The Labute approximate surface area is 264 Å². The minimum atomic E-state index is -0.0318. The van der Waals surface area contributed by atoms with Gasteiger partial charge in [0.05, 0.1) is 145 Å². The van der Waals surface area contributed by atoms with Gasteiger partial charge in [0.1, 0.15) is 0 Å². The van der Waals surface area contributed by atoms with Crippen molar-refractivity contribution < 1.29 is 57.3 Å². The first-order valence-electron chi connectivity index (χ1n) is 15.7. The van der Waals surface area contributed by atoms with Crippen molar-refractivity contribution >= 4 is 5.91 Å². The Hall–Kier alpha value is -1.05. The molecule has 0 aromatic heterocycles. The van der Waals surface area contributed by atoms with Gasteiger partial charge in [-0.1, -0.05) is 0 Å². The van der Waals surface area contributed by atoms with E-state index in [2.05, 4.69) is 10.6 Å². The number of ether oxygens (including phenoxy) is 10. The maximum absolute atomic E-state index is 12.8. The van der Waals surface area contributed by atoms with E-state index in [0.717, 1.165) is 13.1 Å². The zero-order valence-corrected chi connectivity index (χ0v) is 27.3. The Morgan fingerprint density at radius 3 is 1.09 bits per heavy atom. The molecule has 44 heavy (non-hydrogen) atoms. The molecule has 0 bridgehead atoms. The molecule has 3 N–H and O–H groups in total. The van der Waals surface area contributed by atoms with E-state index >= 15 is 0 Å². The van der Waals surface area contributed by atoms with Crippen LogP contribution in [0.2, 0.25) is 0 Å². The molecule has 0 heterocycles. The van der Waals surface area contributed by atoms with E-state index in [-0.39, 0.29) is 18.9 Å². The van der Waals surface area contributed by atoms with Crippen LogP contribution in [0.1, 0.15) is 6.42 Å². The van der Waals surface area contributed by atoms with Gasteiger partial charge in [-0.05, 0) is 14.1 Å². The Kier molecular flexibility index (Phi) is 37.2. The molecule has 0 unspecified atom stereocenters. The van der Waals surface area contributed by atoms with E-state index in [1.807, 2.05) is 14.1 Å². The van der Waals surface area contributed by atoms with Crippen molar-refractivity contribution in [1.82, 2.24) is 15.5 Å². The monoisotopic (exact) mass is 643 g/mol. The molecule has 0 aliphatic rings. The van der Waals surface area contributed by atoms with Crippen LogP contribution in [0.4, 0.5) is 0 Å². The number of hydrogen-bond acceptors (Lipinski definition) is 14. The normalized spacial score (nSPS) is 11.4. The van der Waals surface area contributed by atoms with Crippen molar-refractivity contribution in [2.75, 3.05) is 179 Å². The first-order valence-corrected chi connectivity index (χ1v) is 15.7. The SMILES string of the molecule is CNCCOCCOCCOCCOCCC(=O)N(CCOCCOCCOCCO)CCOCCOCCOCCNC. The lowest BCUT2D eigenvalue weighted by Crippen LogP contribution is -2.37. The number of nitrogens with zero attached hydrogens (tertiary/aromatic N) is 1. The molecule has 0 aliphatic heterocycles. The van der Waals surface area contributed by atoms with Gasteiger partial charge < -0.3 is 68.0 Å². The molecule has 0 saturated heterocycles. The van der Waals surface area contributed by atoms with Gasteiger partial charge in [-0.2, -0.15) is 0 Å². The van der Waals surface area contributed by atoms with Crippen LogP contribution >= 0.6 is 0 Å². The van der Waals surface area contributed by atoms with Crippen molar-refractivity contribution in [1.29, 1.82) is 0 Å². The topological polar surface area (TPSA) is 157 Å². The number of likely N-dealkylation sites (N-methyl/N-ethyl adjacent to an activating group) is 2. The second-order valence-corrected chi connectivity index (χ2v) is 9.19. The molecule has 0 atom stereocenters. The van der Waals surface area contributed by atoms with Crippen molar-refractivity contribution in [3.63, 3.8) is 0 Å². The molecule has 0 rings (SSSR count). The molecular formula is C29H61N3O12. The average molecular weight is 644 g/mol. The second-order valence-electron chi connectivity index (χ2n) is 9.19. The molecule has 0 aromatic rings. The van der Waals surface area contributed by atoms with E-state index in [1.165, 1.54) is 0 Å². The minimum Gasteiger partial charge on any atom is -0.394 e. The van der Waals surface area contributed by atoms with Gasteiger partial charge in [0.15, 0.2) is 0 Å². The highest BCUT2D eigenvalue weighted by molar-refractivity contribution is 5.76. The summed E-state index contributed by atoms with van der Waals surface area (Å²) in [6.45, 7) is 11.8. The average Bonchev–Trinajstić information content (AvgIpc) is 3.03. The Balaban J connectivity index is 4.02. The summed E-state index contributed by atoms with van der Waals surface area (Å²) in [5, 5.41) is 14.7. The molecule has 264 valence electrons. The highest BCUT2D eigenvalue weighted by atomic mass is 16.6. The Bertz CT molecular complexity index is 570. The lowest BCUT2D eigenvalue weighted by atomic mass is 10.3. The molecule has 1 amide bonds. The fourth-order valence-electron chi connectivity index (χ4n) is 3.29. The fourth-order valence-corrected chi connectivity index (χ4v) is 3.29. The van der Waals surface area contributed by atoms with E-state index in [1.54, 1.807) is 4.90 Å². The third-order valence-corrected chi connectivity index (χ3v) is 5.66. The lowest BCUT2D eigenvalue weighted by Gasteiger charge is -2.23. The number of carbonyl (C=O) groups is 1. The van der Waals surface area contributed by atoms with Gasteiger partial charge in [0.2, 0.25) is 5.91 Å². The van der Waals surface area contributed by atoms with E-state index in [4.69, 9.17) is 52.5 Å². The van der Waals surface area contributed by atoms with Gasteiger partial charge >= 0.3 is 0 Å². The molecule has 0 aromatic carbocycles. The van der Waals surface area contributed by atoms with Crippen LogP contribution in [-0.4, -0.2) is 195 Å². The molecule has 0 fully saturated rings. The number of aliphatic hydroxyl groups excluding tert-OH is 1.